The summed E-state index contributed by atoms with van der Waals surface area (Å²) in [6.45, 7) is 15.3. The molecule has 7 nitrogen and oxygen atoms in total. The topological polar surface area (TPSA) is 96.4 Å². The first-order valence-electron chi connectivity index (χ1n) is 13.2. The van der Waals surface area contributed by atoms with Crippen molar-refractivity contribution in [2.45, 2.75) is 73.8 Å². The van der Waals surface area contributed by atoms with E-state index in [0.29, 0.717) is 17.3 Å². The van der Waals surface area contributed by atoms with Gasteiger partial charge in [0.1, 0.15) is 5.84 Å². The SMILES string of the molecule is CC(C)C.Cc1ccc(C)c(N=C(N)c2cnn3cc(-c4cn[nH]c4)cc3c2NC2CCC(C)(C)C2)c1. The van der Waals surface area contributed by atoms with Gasteiger partial charge >= 0.3 is 0 Å². The third kappa shape index (κ3) is 6.40. The fourth-order valence-corrected chi connectivity index (χ4v) is 4.76. The van der Waals surface area contributed by atoms with Gasteiger partial charge in [0.25, 0.3) is 0 Å². The molecule has 1 aliphatic carbocycles. The van der Waals surface area contributed by atoms with Crippen molar-refractivity contribution < 1.29 is 0 Å². The molecule has 1 fully saturated rings. The van der Waals surface area contributed by atoms with Crippen LogP contribution in [0.5, 0.6) is 0 Å². The van der Waals surface area contributed by atoms with Crippen molar-refractivity contribution in [2.24, 2.45) is 22.1 Å². The molecule has 7 heteroatoms. The zero-order valence-corrected chi connectivity index (χ0v) is 23.3. The number of rotatable bonds is 5. The molecule has 3 aromatic heterocycles. The Morgan fingerprint density at radius 2 is 1.92 bits per heavy atom. The average Bonchev–Trinajstić information content (AvgIpc) is 3.55. The smallest absolute Gasteiger partial charge is 0.135 e. The Labute approximate surface area is 220 Å². The summed E-state index contributed by atoms with van der Waals surface area (Å²) < 4.78 is 1.90. The molecule has 5 rings (SSSR count). The summed E-state index contributed by atoms with van der Waals surface area (Å²) in [5.74, 6) is 1.30. The molecule has 0 saturated heterocycles. The molecule has 0 spiro atoms. The summed E-state index contributed by atoms with van der Waals surface area (Å²) in [4.78, 5) is 4.81. The second kappa shape index (κ2) is 10.8. The molecule has 37 heavy (non-hydrogen) atoms. The van der Waals surface area contributed by atoms with Gasteiger partial charge in [-0.25, -0.2) is 9.51 Å². The predicted molar refractivity (Wildman–Crippen MR) is 155 cm³/mol. The number of hydrogen-bond acceptors (Lipinski definition) is 4. The fraction of sp³-hybridized carbons (Fsp3) is 0.433. The number of fused-ring (bicyclic) bond motifs is 1. The van der Waals surface area contributed by atoms with E-state index < -0.39 is 0 Å². The molecule has 1 aromatic carbocycles. The largest absolute Gasteiger partial charge is 0.383 e. The number of H-pyrrole nitrogens is 1. The third-order valence-electron chi connectivity index (χ3n) is 6.67. The molecule has 0 aliphatic heterocycles. The minimum absolute atomic E-state index is 0.337. The van der Waals surface area contributed by atoms with Crippen LogP contribution < -0.4 is 11.1 Å². The number of benzene rings is 1. The van der Waals surface area contributed by atoms with Crippen LogP contribution in [0, 0.1) is 25.2 Å². The molecule has 1 unspecified atom stereocenters. The first-order chi connectivity index (χ1) is 17.5. The highest BCUT2D eigenvalue weighted by atomic mass is 15.2. The first-order valence-corrected chi connectivity index (χ1v) is 13.2. The number of anilines is 1. The lowest BCUT2D eigenvalue weighted by Gasteiger charge is -2.21. The van der Waals surface area contributed by atoms with Crippen molar-refractivity contribution in [2.75, 3.05) is 5.32 Å². The van der Waals surface area contributed by atoms with Gasteiger partial charge in [-0.2, -0.15) is 10.2 Å². The lowest BCUT2D eigenvalue weighted by atomic mass is 9.92. The number of aromatic nitrogens is 4. The van der Waals surface area contributed by atoms with E-state index in [-0.39, 0.29) is 0 Å². The van der Waals surface area contributed by atoms with Crippen molar-refractivity contribution in [1.82, 2.24) is 19.8 Å². The van der Waals surface area contributed by atoms with Crippen LogP contribution in [-0.4, -0.2) is 31.7 Å². The maximum atomic E-state index is 6.61. The minimum Gasteiger partial charge on any atom is -0.383 e. The molecular weight excluding hydrogens is 458 g/mol. The summed E-state index contributed by atoms with van der Waals surface area (Å²) in [7, 11) is 0. The normalized spacial score (nSPS) is 17.2. The predicted octanol–water partition coefficient (Wildman–Crippen LogP) is 7.03. The van der Waals surface area contributed by atoms with Gasteiger partial charge in [-0.05, 0) is 67.7 Å². The third-order valence-corrected chi connectivity index (χ3v) is 6.67. The lowest BCUT2D eigenvalue weighted by molar-refractivity contribution is 0.378. The summed E-state index contributed by atoms with van der Waals surface area (Å²) in [5, 5.41) is 15.5. The van der Waals surface area contributed by atoms with E-state index in [9.17, 15) is 0 Å². The summed E-state index contributed by atoms with van der Waals surface area (Å²) in [5.41, 5.74) is 14.9. The van der Waals surface area contributed by atoms with Crippen molar-refractivity contribution >= 4 is 22.7 Å². The van der Waals surface area contributed by atoms with E-state index >= 15 is 0 Å². The van der Waals surface area contributed by atoms with Gasteiger partial charge in [-0.1, -0.05) is 46.8 Å². The number of aromatic amines is 1. The van der Waals surface area contributed by atoms with Gasteiger partial charge < -0.3 is 11.1 Å². The van der Waals surface area contributed by atoms with Crippen LogP contribution in [0.2, 0.25) is 0 Å². The molecule has 1 aliphatic rings. The van der Waals surface area contributed by atoms with E-state index in [1.54, 1.807) is 0 Å². The minimum atomic E-state index is 0.337. The number of nitrogens with one attached hydrogen (secondary N) is 2. The Kier molecular flexibility index (Phi) is 7.71. The molecule has 3 heterocycles. The fourth-order valence-electron chi connectivity index (χ4n) is 4.76. The van der Waals surface area contributed by atoms with E-state index in [4.69, 9.17) is 10.7 Å². The van der Waals surface area contributed by atoms with Crippen molar-refractivity contribution in [3.05, 3.63) is 65.7 Å². The summed E-state index contributed by atoms with van der Waals surface area (Å²) in [6, 6.07) is 8.74. The van der Waals surface area contributed by atoms with Crippen molar-refractivity contribution in [3.8, 4) is 11.1 Å². The van der Waals surface area contributed by atoms with Gasteiger partial charge in [0.15, 0.2) is 0 Å². The number of amidine groups is 1. The van der Waals surface area contributed by atoms with E-state index in [1.165, 1.54) is 6.42 Å². The number of nitrogens with zero attached hydrogens (tertiary/aromatic N) is 4. The Morgan fingerprint density at radius 1 is 1.16 bits per heavy atom. The maximum absolute atomic E-state index is 6.61. The molecule has 0 bridgehead atoms. The number of hydrogen-bond donors (Lipinski definition) is 3. The van der Waals surface area contributed by atoms with Crippen LogP contribution >= 0.6 is 0 Å². The Balaban J connectivity index is 0.000000747. The molecule has 1 saturated carbocycles. The van der Waals surface area contributed by atoms with E-state index in [2.05, 4.69) is 93.3 Å². The average molecular weight is 500 g/mol. The second-order valence-corrected chi connectivity index (χ2v) is 11.7. The van der Waals surface area contributed by atoms with Crippen LogP contribution in [0.3, 0.4) is 0 Å². The Morgan fingerprint density at radius 3 is 2.57 bits per heavy atom. The lowest BCUT2D eigenvalue weighted by Crippen LogP contribution is -2.23. The summed E-state index contributed by atoms with van der Waals surface area (Å²) >= 11 is 0. The zero-order valence-electron chi connectivity index (χ0n) is 23.3. The molecule has 0 amide bonds. The van der Waals surface area contributed by atoms with E-state index in [0.717, 1.165) is 63.5 Å². The molecule has 4 N–H and O–H groups in total. The second-order valence-electron chi connectivity index (χ2n) is 11.7. The van der Waals surface area contributed by atoms with Crippen molar-refractivity contribution in [1.29, 1.82) is 0 Å². The van der Waals surface area contributed by atoms with Crippen LogP contribution in [0.1, 0.15) is 70.6 Å². The Hall–Kier alpha value is -3.61. The molecule has 196 valence electrons. The van der Waals surface area contributed by atoms with Crippen LogP contribution in [0.4, 0.5) is 11.4 Å². The molecule has 4 aromatic rings. The van der Waals surface area contributed by atoms with Crippen molar-refractivity contribution in [3.63, 3.8) is 0 Å². The molecule has 1 atom stereocenters. The highest BCUT2D eigenvalue weighted by Crippen LogP contribution is 2.39. The highest BCUT2D eigenvalue weighted by Gasteiger charge is 2.31. The number of aliphatic imine (C=N–C) groups is 1. The van der Waals surface area contributed by atoms with Crippen LogP contribution in [0.15, 0.2) is 54.0 Å². The van der Waals surface area contributed by atoms with E-state index in [1.807, 2.05) is 29.3 Å². The van der Waals surface area contributed by atoms with Gasteiger partial charge in [0, 0.05) is 29.6 Å². The van der Waals surface area contributed by atoms with Gasteiger partial charge in [0.05, 0.1) is 34.8 Å². The number of aryl methyl sites for hydroxylation is 2. The van der Waals surface area contributed by atoms with Gasteiger partial charge in [-0.3, -0.25) is 5.10 Å². The van der Waals surface area contributed by atoms with Crippen LogP contribution in [-0.2, 0) is 0 Å². The van der Waals surface area contributed by atoms with Gasteiger partial charge in [0.2, 0.25) is 0 Å². The maximum Gasteiger partial charge on any atom is 0.135 e. The summed E-state index contributed by atoms with van der Waals surface area (Å²) in [6.07, 6.45) is 11.0. The van der Waals surface area contributed by atoms with Crippen LogP contribution in [0.25, 0.3) is 16.6 Å². The van der Waals surface area contributed by atoms with Gasteiger partial charge in [-0.15, -0.1) is 0 Å². The standard InChI is InChI=1S/C26H31N7.C4H10/c1-16-5-6-17(2)22(9-16)32-25(27)21-14-30-33-15-18(19-12-28-29-13-19)10-23(33)24(21)31-20-7-8-26(3,4)11-20;1-4(2)3/h5-6,9-10,12-15,20,31H,7-8,11H2,1-4H3,(H2,27,32)(H,28,29);4H,1-3H3. The molecule has 0 radical (unpaired) electrons. The monoisotopic (exact) mass is 499 g/mol. The number of nitrogens with two attached hydrogens (primary N) is 1. The quantitative estimate of drug-likeness (QED) is 0.203. The Bertz CT molecular complexity index is 1370. The zero-order chi connectivity index (χ0) is 26.7. The first kappa shape index (κ1) is 26.5. The highest BCUT2D eigenvalue weighted by molar-refractivity contribution is 6.06. The molecular formula is C30H41N7.